The van der Waals surface area contributed by atoms with E-state index in [4.69, 9.17) is 0 Å². The second kappa shape index (κ2) is 6.24. The third-order valence-electron chi connectivity index (χ3n) is 6.16. The van der Waals surface area contributed by atoms with E-state index in [2.05, 4.69) is 73.6 Å². The van der Waals surface area contributed by atoms with E-state index in [1.54, 1.807) is 0 Å². The molecule has 0 saturated carbocycles. The number of anilines is 1. The van der Waals surface area contributed by atoms with Crippen LogP contribution in [0.1, 0.15) is 47.1 Å². The number of nitrogens with zero attached hydrogens (tertiary/aromatic N) is 2. The predicted molar refractivity (Wildman–Crippen MR) is 107 cm³/mol. The SMILES string of the molecule is Cc1ccc(C2(O)CN(c3cccc(C)c3C)C3=[N+]2CCCC3)c(C)c1. The van der Waals surface area contributed by atoms with E-state index in [-0.39, 0.29) is 0 Å². The molecule has 0 amide bonds. The molecule has 2 aliphatic rings. The van der Waals surface area contributed by atoms with E-state index in [1.807, 2.05) is 0 Å². The van der Waals surface area contributed by atoms with Crippen LogP contribution < -0.4 is 4.90 Å². The van der Waals surface area contributed by atoms with Gasteiger partial charge in [-0.15, -0.1) is 0 Å². The van der Waals surface area contributed by atoms with Crippen LogP contribution in [0, 0.1) is 27.7 Å². The van der Waals surface area contributed by atoms with Crippen LogP contribution in [0.5, 0.6) is 0 Å². The van der Waals surface area contributed by atoms with Gasteiger partial charge in [-0.3, -0.25) is 0 Å². The van der Waals surface area contributed by atoms with Gasteiger partial charge in [0, 0.05) is 12.0 Å². The van der Waals surface area contributed by atoms with Gasteiger partial charge in [-0.2, -0.15) is 0 Å². The first-order valence-corrected chi connectivity index (χ1v) is 9.69. The van der Waals surface area contributed by atoms with E-state index in [1.165, 1.54) is 40.2 Å². The van der Waals surface area contributed by atoms with Crippen molar-refractivity contribution in [1.82, 2.24) is 0 Å². The third-order valence-corrected chi connectivity index (χ3v) is 6.16. The molecule has 1 unspecified atom stereocenters. The third kappa shape index (κ3) is 2.57. The van der Waals surface area contributed by atoms with Gasteiger partial charge in [0.05, 0.1) is 6.54 Å². The minimum atomic E-state index is -0.955. The molecule has 1 N–H and O–H groups in total. The molecule has 0 bridgehead atoms. The fraction of sp³-hybridized carbons (Fsp3) is 0.435. The fourth-order valence-electron chi connectivity index (χ4n) is 4.64. The molecule has 136 valence electrons. The lowest BCUT2D eigenvalue weighted by molar-refractivity contribution is -0.661. The van der Waals surface area contributed by atoms with Gasteiger partial charge in [-0.1, -0.05) is 35.9 Å². The van der Waals surface area contributed by atoms with Crippen LogP contribution in [0.25, 0.3) is 0 Å². The smallest absolute Gasteiger partial charge is 0.271 e. The molecule has 3 nitrogen and oxygen atoms in total. The lowest BCUT2D eigenvalue weighted by Crippen LogP contribution is -2.42. The Morgan fingerprint density at radius 2 is 1.81 bits per heavy atom. The first kappa shape index (κ1) is 17.3. The molecule has 2 aliphatic heterocycles. The van der Waals surface area contributed by atoms with Crippen LogP contribution in [0.15, 0.2) is 36.4 Å². The topological polar surface area (TPSA) is 26.5 Å². The summed E-state index contributed by atoms with van der Waals surface area (Å²) in [5.74, 6) is 1.27. The van der Waals surface area contributed by atoms with Crippen molar-refractivity contribution in [3.8, 4) is 0 Å². The van der Waals surface area contributed by atoms with E-state index < -0.39 is 5.72 Å². The lowest BCUT2D eigenvalue weighted by Gasteiger charge is -2.26. The van der Waals surface area contributed by atoms with Gasteiger partial charge in [0.1, 0.15) is 5.69 Å². The molecule has 0 saturated heterocycles. The summed E-state index contributed by atoms with van der Waals surface area (Å²) in [6, 6.07) is 12.9. The lowest BCUT2D eigenvalue weighted by atomic mass is 9.95. The second-order valence-corrected chi connectivity index (χ2v) is 7.97. The Morgan fingerprint density at radius 3 is 2.58 bits per heavy atom. The highest BCUT2D eigenvalue weighted by Crippen LogP contribution is 2.38. The Hall–Kier alpha value is -2.13. The van der Waals surface area contributed by atoms with E-state index in [0.717, 1.165) is 24.9 Å². The van der Waals surface area contributed by atoms with Crippen molar-refractivity contribution in [2.75, 3.05) is 18.0 Å². The van der Waals surface area contributed by atoms with Crippen molar-refractivity contribution >= 4 is 11.5 Å². The molecular weight excluding hydrogens is 320 g/mol. The highest BCUT2D eigenvalue weighted by molar-refractivity contribution is 5.96. The first-order chi connectivity index (χ1) is 12.4. The zero-order valence-corrected chi connectivity index (χ0v) is 16.3. The Kier molecular flexibility index (Phi) is 4.15. The number of rotatable bonds is 2. The van der Waals surface area contributed by atoms with Gasteiger partial charge in [-0.25, -0.2) is 9.48 Å². The maximum absolute atomic E-state index is 11.9. The summed E-state index contributed by atoms with van der Waals surface area (Å²) in [6.45, 7) is 10.1. The summed E-state index contributed by atoms with van der Waals surface area (Å²) < 4.78 is 2.26. The fourth-order valence-corrected chi connectivity index (χ4v) is 4.64. The zero-order valence-electron chi connectivity index (χ0n) is 16.3. The van der Waals surface area contributed by atoms with Crippen LogP contribution in [-0.4, -0.2) is 28.6 Å². The molecule has 26 heavy (non-hydrogen) atoms. The average Bonchev–Trinajstić information content (AvgIpc) is 2.91. The maximum atomic E-state index is 11.9. The monoisotopic (exact) mass is 349 g/mol. The zero-order chi connectivity index (χ0) is 18.5. The predicted octanol–water partition coefficient (Wildman–Crippen LogP) is 4.18. The average molecular weight is 349 g/mol. The van der Waals surface area contributed by atoms with E-state index in [9.17, 15) is 5.11 Å². The van der Waals surface area contributed by atoms with Crippen LogP contribution in [0.3, 0.4) is 0 Å². The van der Waals surface area contributed by atoms with Crippen molar-refractivity contribution in [3.05, 3.63) is 64.2 Å². The van der Waals surface area contributed by atoms with E-state index >= 15 is 0 Å². The minimum absolute atomic E-state index is 0.594. The summed E-state index contributed by atoms with van der Waals surface area (Å²) in [4.78, 5) is 2.36. The summed E-state index contributed by atoms with van der Waals surface area (Å²) in [5.41, 5.74) is 6.32. The Morgan fingerprint density at radius 1 is 1.00 bits per heavy atom. The molecule has 0 aromatic heterocycles. The molecule has 0 radical (unpaired) electrons. The van der Waals surface area contributed by atoms with Crippen molar-refractivity contribution < 1.29 is 9.68 Å². The summed E-state index contributed by atoms with van der Waals surface area (Å²) in [5, 5.41) is 11.9. The number of aryl methyl sites for hydroxylation is 3. The number of hydrogen-bond acceptors (Lipinski definition) is 2. The van der Waals surface area contributed by atoms with Crippen molar-refractivity contribution in [2.45, 2.75) is 52.7 Å². The van der Waals surface area contributed by atoms with Crippen molar-refractivity contribution in [2.24, 2.45) is 0 Å². The number of β-amino-alcohol motifs (C(OH)–C–C–N with tert-alkyl or cyclic N) is 1. The summed E-state index contributed by atoms with van der Waals surface area (Å²) >= 11 is 0. The first-order valence-electron chi connectivity index (χ1n) is 9.69. The van der Waals surface area contributed by atoms with Gasteiger partial charge in [0.15, 0.2) is 6.54 Å². The van der Waals surface area contributed by atoms with Crippen LogP contribution in [0.4, 0.5) is 5.69 Å². The largest absolute Gasteiger partial charge is 0.346 e. The molecule has 1 atom stereocenters. The molecule has 2 heterocycles. The molecule has 0 spiro atoms. The number of amidine groups is 1. The number of benzene rings is 2. The molecule has 2 aromatic rings. The molecule has 0 aliphatic carbocycles. The minimum Gasteiger partial charge on any atom is -0.346 e. The Labute approximate surface area is 156 Å². The Bertz CT molecular complexity index is 899. The number of aliphatic hydroxyl groups is 1. The highest BCUT2D eigenvalue weighted by atomic mass is 16.3. The summed E-state index contributed by atoms with van der Waals surface area (Å²) in [7, 11) is 0. The van der Waals surface area contributed by atoms with Crippen LogP contribution in [0.2, 0.25) is 0 Å². The standard InChI is InChI=1S/C23H29N2O/c1-16-11-12-20(18(3)14-16)23(26)15-24(22-10-5-6-13-25(22)23)21-9-7-8-17(2)19(21)4/h7-9,11-12,14,26H,5-6,10,13,15H2,1-4H3/q+1. The van der Waals surface area contributed by atoms with Gasteiger partial charge in [-0.05, 0) is 63.3 Å². The van der Waals surface area contributed by atoms with Gasteiger partial charge in [0.2, 0.25) is 0 Å². The van der Waals surface area contributed by atoms with Gasteiger partial charge in [0.25, 0.3) is 11.6 Å². The van der Waals surface area contributed by atoms with Crippen LogP contribution >= 0.6 is 0 Å². The normalized spacial score (nSPS) is 22.7. The molecule has 4 rings (SSSR count). The van der Waals surface area contributed by atoms with Crippen molar-refractivity contribution in [1.29, 1.82) is 0 Å². The van der Waals surface area contributed by atoms with Gasteiger partial charge >= 0.3 is 0 Å². The number of hydrogen-bond donors (Lipinski definition) is 1. The van der Waals surface area contributed by atoms with Crippen LogP contribution in [-0.2, 0) is 5.72 Å². The second-order valence-electron chi connectivity index (χ2n) is 7.97. The molecule has 2 aromatic carbocycles. The Balaban J connectivity index is 1.86. The molecule has 0 fully saturated rings. The van der Waals surface area contributed by atoms with E-state index in [0.29, 0.717) is 6.54 Å². The maximum Gasteiger partial charge on any atom is 0.271 e. The highest BCUT2D eigenvalue weighted by Gasteiger charge is 2.53. The van der Waals surface area contributed by atoms with Gasteiger partial charge < -0.3 is 5.11 Å². The molecule has 3 heteroatoms. The summed E-state index contributed by atoms with van der Waals surface area (Å²) in [6.07, 6.45) is 3.36. The quantitative estimate of drug-likeness (QED) is 0.823. The van der Waals surface area contributed by atoms with Crippen molar-refractivity contribution in [3.63, 3.8) is 0 Å². The molecular formula is C23H29N2O+.